The molecule has 3 aromatic carbocycles. The molecule has 0 aliphatic carbocycles. The average Bonchev–Trinajstić information content (AvgIpc) is 3.39. The molecule has 1 heterocycles. The van der Waals surface area contributed by atoms with E-state index in [1.54, 1.807) is 57.9 Å². The maximum absolute atomic E-state index is 13.0. The topological polar surface area (TPSA) is 131 Å². The number of phenolic OH excluding ortho intramolecular Hbond substituents is 1. The van der Waals surface area contributed by atoms with Crippen molar-refractivity contribution >= 4 is 11.6 Å². The molecule has 1 unspecified atom stereocenters. The number of nitrogens with one attached hydrogen (secondary N) is 1. The largest absolute Gasteiger partial charge is 1.00 e. The molecule has 4 rings (SSSR count). The van der Waals surface area contributed by atoms with Gasteiger partial charge in [-0.05, 0) is 60.0 Å². The molecule has 1 aromatic heterocycles. The van der Waals surface area contributed by atoms with Crippen LogP contribution in [0.25, 0.3) is 22.4 Å². The van der Waals surface area contributed by atoms with E-state index in [0.717, 1.165) is 27.8 Å². The number of carbonyl (C=O) groups is 1. The monoisotopic (exact) mass is 539 g/mol. The minimum absolute atomic E-state index is 0. The van der Waals surface area contributed by atoms with Gasteiger partial charge >= 0.3 is 0 Å². The third-order valence-corrected chi connectivity index (χ3v) is 6.07. The van der Waals surface area contributed by atoms with Crippen molar-refractivity contribution in [2.75, 3.05) is 26.6 Å². The molecule has 0 fully saturated rings. The van der Waals surface area contributed by atoms with E-state index < -0.39 is 6.04 Å². The van der Waals surface area contributed by atoms with Gasteiger partial charge in [0.15, 0.2) is 17.5 Å². The molecule has 9 nitrogen and oxygen atoms in total. The molecule has 5 N–H and O–H groups in total. The van der Waals surface area contributed by atoms with Crippen LogP contribution in [-0.2, 0) is 11.2 Å². The minimum Gasteiger partial charge on any atom is -1.00 e. The van der Waals surface area contributed by atoms with E-state index in [-0.39, 0.29) is 24.1 Å². The van der Waals surface area contributed by atoms with Crippen molar-refractivity contribution in [1.82, 2.24) is 5.16 Å². The fraction of sp³-hybridized carbons (Fsp3) is 0.214. The molecule has 1 atom stereocenters. The van der Waals surface area contributed by atoms with E-state index in [9.17, 15) is 9.90 Å². The number of methoxy groups -OCH3 is 3. The Labute approximate surface area is 226 Å². The summed E-state index contributed by atoms with van der Waals surface area (Å²) in [5, 5.41) is 16.6. The van der Waals surface area contributed by atoms with Crippen LogP contribution in [0.3, 0.4) is 0 Å². The second-order valence-corrected chi connectivity index (χ2v) is 8.58. The first-order chi connectivity index (χ1) is 17.8. The van der Waals surface area contributed by atoms with Crippen molar-refractivity contribution < 1.29 is 46.8 Å². The van der Waals surface area contributed by atoms with Crippen molar-refractivity contribution in [2.45, 2.75) is 19.4 Å². The van der Waals surface area contributed by atoms with E-state index >= 15 is 0 Å². The summed E-state index contributed by atoms with van der Waals surface area (Å²) in [4.78, 5) is 13.0. The summed E-state index contributed by atoms with van der Waals surface area (Å²) < 4.78 is 21.8. The lowest BCUT2D eigenvalue weighted by molar-refractivity contribution is -0.402. The number of hydrogen-bond donors (Lipinski definition) is 3. The number of phenols is 1. The Morgan fingerprint density at radius 2 is 1.71 bits per heavy atom. The molecule has 38 heavy (non-hydrogen) atoms. The first-order valence-electron chi connectivity index (χ1n) is 11.6. The highest BCUT2D eigenvalue weighted by Crippen LogP contribution is 2.40. The first kappa shape index (κ1) is 28.4. The van der Waals surface area contributed by atoms with Crippen molar-refractivity contribution in [2.24, 2.45) is 0 Å². The summed E-state index contributed by atoms with van der Waals surface area (Å²) >= 11 is 0. The zero-order valence-corrected chi connectivity index (χ0v) is 22.3. The van der Waals surface area contributed by atoms with Crippen molar-refractivity contribution in [1.29, 1.82) is 0 Å². The maximum atomic E-state index is 13.0. The number of rotatable bonds is 9. The summed E-state index contributed by atoms with van der Waals surface area (Å²) in [6, 6.07) is 15.4. The smallest absolute Gasteiger partial charge is 0.282 e. The number of aromatic hydroxyl groups is 1. The van der Waals surface area contributed by atoms with Crippen LogP contribution < -0.4 is 37.7 Å². The summed E-state index contributed by atoms with van der Waals surface area (Å²) in [7, 11) is 4.72. The number of quaternary nitrogens is 1. The zero-order valence-electron chi connectivity index (χ0n) is 21.6. The molecule has 1 amide bonds. The Bertz CT molecular complexity index is 1400. The highest BCUT2D eigenvalue weighted by molar-refractivity contribution is 5.96. The number of ether oxygens (including phenoxy) is 3. The highest BCUT2D eigenvalue weighted by atomic mass is 35.5. The number of aromatic nitrogens is 1. The van der Waals surface area contributed by atoms with Gasteiger partial charge in [-0.2, -0.15) is 0 Å². The van der Waals surface area contributed by atoms with Gasteiger partial charge in [-0.25, -0.2) is 0 Å². The van der Waals surface area contributed by atoms with E-state index in [0.29, 0.717) is 35.1 Å². The standard InChI is InChI=1S/C28H29N3O6.ClH/c1-16-11-19(14-25(35-3)27(16)36-4)26-21(15-37-31-26)18-7-10-24(34-2)23(13-18)30-28(33)22(29)12-17-5-8-20(32)9-6-17;/h5-11,13-15,22,32H,12,29H2,1-4H3,(H,30,33);1H. The zero-order chi connectivity index (χ0) is 26.5. The maximum Gasteiger partial charge on any atom is 0.282 e. The van der Waals surface area contributed by atoms with Crippen LogP contribution in [0.4, 0.5) is 5.69 Å². The van der Waals surface area contributed by atoms with Crippen LogP contribution in [-0.4, -0.2) is 43.5 Å². The predicted octanol–water partition coefficient (Wildman–Crippen LogP) is 0.844. The number of aryl methyl sites for hydroxylation is 1. The Balaban J connectivity index is 0.00000400. The Morgan fingerprint density at radius 1 is 1.00 bits per heavy atom. The second-order valence-electron chi connectivity index (χ2n) is 8.58. The van der Waals surface area contributed by atoms with Gasteiger partial charge in [-0.15, -0.1) is 0 Å². The van der Waals surface area contributed by atoms with Gasteiger partial charge in [0, 0.05) is 17.5 Å². The Hall–Kier alpha value is -4.21. The van der Waals surface area contributed by atoms with Crippen LogP contribution in [0, 0.1) is 6.92 Å². The van der Waals surface area contributed by atoms with Gasteiger partial charge in [0.05, 0.1) is 27.0 Å². The van der Waals surface area contributed by atoms with Gasteiger partial charge in [0.25, 0.3) is 5.91 Å². The Kier molecular flexibility index (Phi) is 9.22. The molecule has 0 spiro atoms. The molecule has 10 heteroatoms. The predicted molar refractivity (Wildman–Crippen MR) is 139 cm³/mol. The molecular formula is C28H30ClN3O6. The van der Waals surface area contributed by atoms with Crippen molar-refractivity contribution in [3.63, 3.8) is 0 Å². The SMILES string of the molecule is COc1ccc(-c2conc2-c2cc(C)c(OC)c(OC)c2)cc1NC(=O)C([NH3+])Cc1ccc(O)cc1.[Cl-]. The quantitative estimate of drug-likeness (QED) is 0.287. The molecule has 4 aromatic rings. The van der Waals surface area contributed by atoms with Crippen LogP contribution in [0.15, 0.2) is 65.4 Å². The van der Waals surface area contributed by atoms with E-state index in [2.05, 4.69) is 16.2 Å². The van der Waals surface area contributed by atoms with E-state index in [1.165, 1.54) is 0 Å². The lowest BCUT2D eigenvalue weighted by Crippen LogP contribution is -3.00. The van der Waals surface area contributed by atoms with Crippen LogP contribution in [0.1, 0.15) is 11.1 Å². The van der Waals surface area contributed by atoms with Gasteiger partial charge in [-0.1, -0.05) is 23.4 Å². The molecule has 200 valence electrons. The molecule has 0 saturated heterocycles. The molecule has 0 saturated carbocycles. The number of carbonyl (C=O) groups excluding carboxylic acids is 1. The number of hydrogen-bond acceptors (Lipinski definition) is 7. The fourth-order valence-corrected chi connectivity index (χ4v) is 4.16. The minimum atomic E-state index is -0.557. The van der Waals surface area contributed by atoms with Gasteiger partial charge in [-0.3, -0.25) is 4.79 Å². The fourth-order valence-electron chi connectivity index (χ4n) is 4.16. The third kappa shape index (κ3) is 6.01. The van der Waals surface area contributed by atoms with Crippen LogP contribution in [0.2, 0.25) is 0 Å². The molecular weight excluding hydrogens is 510 g/mol. The van der Waals surface area contributed by atoms with Crippen molar-refractivity contribution in [3.8, 4) is 45.4 Å². The lowest BCUT2D eigenvalue weighted by Gasteiger charge is -2.15. The third-order valence-electron chi connectivity index (χ3n) is 6.07. The summed E-state index contributed by atoms with van der Waals surface area (Å²) in [6.45, 7) is 1.93. The molecule has 0 radical (unpaired) electrons. The van der Waals surface area contributed by atoms with Crippen LogP contribution in [0.5, 0.6) is 23.0 Å². The van der Waals surface area contributed by atoms with E-state index in [1.807, 2.05) is 31.2 Å². The van der Waals surface area contributed by atoms with Crippen LogP contribution >= 0.6 is 0 Å². The normalized spacial score (nSPS) is 11.3. The van der Waals surface area contributed by atoms with Gasteiger partial charge in [0.2, 0.25) is 0 Å². The number of amides is 1. The molecule has 0 aliphatic heterocycles. The van der Waals surface area contributed by atoms with Gasteiger partial charge in [0.1, 0.15) is 23.5 Å². The summed E-state index contributed by atoms with van der Waals surface area (Å²) in [6.07, 6.45) is 1.98. The summed E-state index contributed by atoms with van der Waals surface area (Å²) in [5.74, 6) is 1.66. The van der Waals surface area contributed by atoms with E-state index in [4.69, 9.17) is 18.7 Å². The number of benzene rings is 3. The average molecular weight is 540 g/mol. The Morgan fingerprint density at radius 3 is 2.37 bits per heavy atom. The molecule has 0 aliphatic rings. The lowest BCUT2D eigenvalue weighted by atomic mass is 9.99. The first-order valence-corrected chi connectivity index (χ1v) is 11.6. The van der Waals surface area contributed by atoms with Crippen molar-refractivity contribution in [3.05, 3.63) is 72.0 Å². The number of nitrogens with zero attached hydrogens (tertiary/aromatic N) is 1. The molecule has 0 bridgehead atoms. The van der Waals surface area contributed by atoms with Gasteiger partial charge < -0.3 is 47.3 Å². The summed E-state index contributed by atoms with van der Waals surface area (Å²) in [5.41, 5.74) is 9.23. The second kappa shape index (κ2) is 12.4. The number of halogens is 1. The number of anilines is 1. The highest BCUT2D eigenvalue weighted by Gasteiger charge is 2.22.